The van der Waals surface area contributed by atoms with E-state index in [0.29, 0.717) is 23.7 Å². The van der Waals surface area contributed by atoms with Crippen LogP contribution in [0.5, 0.6) is 0 Å². The summed E-state index contributed by atoms with van der Waals surface area (Å²) in [7, 11) is 1.63. The summed E-state index contributed by atoms with van der Waals surface area (Å²) in [5.74, 6) is 0.376. The molecule has 0 amide bonds. The number of nitrogens with one attached hydrogen (secondary N) is 1. The number of anilines is 1. The lowest BCUT2D eigenvalue weighted by Crippen LogP contribution is -2.40. The lowest BCUT2D eigenvalue weighted by molar-refractivity contribution is 0.653. The number of rotatable bonds is 8. The summed E-state index contributed by atoms with van der Waals surface area (Å²) in [6.45, 7) is 2.43. The Bertz CT molecular complexity index is 1730. The van der Waals surface area contributed by atoms with Gasteiger partial charge in [-0.25, -0.2) is 10.2 Å². The predicted octanol–water partition coefficient (Wildman–Crippen LogP) is 4.49. The molecule has 8 heteroatoms. The van der Waals surface area contributed by atoms with E-state index in [1.807, 2.05) is 110 Å². The Balaban J connectivity index is 1.59. The molecule has 0 spiro atoms. The molecule has 0 fully saturated rings. The molecular weight excluding hydrogens is 476 g/mol. The van der Waals surface area contributed by atoms with Gasteiger partial charge in [-0.1, -0.05) is 97.1 Å². The number of benzene rings is 3. The van der Waals surface area contributed by atoms with E-state index < -0.39 is 11.2 Å². The van der Waals surface area contributed by atoms with Crippen molar-refractivity contribution in [1.29, 1.82) is 0 Å². The zero-order valence-corrected chi connectivity index (χ0v) is 21.3. The minimum atomic E-state index is -0.423. The lowest BCUT2D eigenvalue weighted by Gasteiger charge is -2.11. The molecule has 0 aliphatic heterocycles. The van der Waals surface area contributed by atoms with E-state index in [0.717, 1.165) is 22.4 Å². The monoisotopic (exact) mass is 504 g/mol. The molecule has 5 rings (SSSR count). The Morgan fingerprint density at radius 2 is 1.39 bits per heavy atom. The van der Waals surface area contributed by atoms with Crippen LogP contribution in [0.25, 0.3) is 17.2 Å². The van der Waals surface area contributed by atoms with Crippen LogP contribution in [0.1, 0.15) is 23.6 Å². The highest BCUT2D eigenvalue weighted by atomic mass is 16.2. The Kier molecular flexibility index (Phi) is 7.13. The molecule has 0 saturated heterocycles. The number of aromatic nitrogens is 4. The lowest BCUT2D eigenvalue weighted by atomic mass is 10.2. The van der Waals surface area contributed by atoms with Gasteiger partial charge >= 0.3 is 5.69 Å². The number of hydrazone groups is 1. The van der Waals surface area contributed by atoms with Crippen molar-refractivity contribution in [3.63, 3.8) is 0 Å². The van der Waals surface area contributed by atoms with Gasteiger partial charge in [-0.2, -0.15) is 10.1 Å². The third-order valence-electron chi connectivity index (χ3n) is 6.25. The normalized spacial score (nSPS) is 11.9. The van der Waals surface area contributed by atoms with E-state index >= 15 is 0 Å². The van der Waals surface area contributed by atoms with Crippen molar-refractivity contribution in [3.8, 4) is 0 Å². The van der Waals surface area contributed by atoms with E-state index in [1.54, 1.807) is 11.6 Å². The van der Waals surface area contributed by atoms with Crippen LogP contribution >= 0.6 is 0 Å². The first kappa shape index (κ1) is 24.7. The second kappa shape index (κ2) is 11.0. The van der Waals surface area contributed by atoms with Crippen LogP contribution in [0.15, 0.2) is 112 Å². The van der Waals surface area contributed by atoms with Gasteiger partial charge in [0.25, 0.3) is 5.56 Å². The highest BCUT2D eigenvalue weighted by Crippen LogP contribution is 2.18. The van der Waals surface area contributed by atoms with E-state index in [9.17, 15) is 9.59 Å². The van der Waals surface area contributed by atoms with Crippen LogP contribution < -0.4 is 16.7 Å². The molecule has 0 radical (unpaired) electrons. The van der Waals surface area contributed by atoms with Crippen LogP contribution in [0.2, 0.25) is 0 Å². The number of fused-ring (bicyclic) bond motifs is 1. The summed E-state index contributed by atoms with van der Waals surface area (Å²) in [4.78, 5) is 31.6. The molecule has 3 aromatic carbocycles. The van der Waals surface area contributed by atoms with Crippen molar-refractivity contribution in [1.82, 2.24) is 18.7 Å². The predicted molar refractivity (Wildman–Crippen MR) is 153 cm³/mol. The number of aryl methyl sites for hydroxylation is 1. The molecule has 0 unspecified atom stereocenters. The first-order valence-corrected chi connectivity index (χ1v) is 12.3. The zero-order chi connectivity index (χ0) is 26.5. The maximum Gasteiger partial charge on any atom is 0.332 e. The highest BCUT2D eigenvalue weighted by molar-refractivity contribution is 5.96. The number of hydrogen-bond acceptors (Lipinski definition) is 5. The van der Waals surface area contributed by atoms with E-state index in [4.69, 9.17) is 0 Å². The number of nitrogens with zero attached hydrogens (tertiary/aromatic N) is 5. The minimum Gasteiger partial charge on any atom is -0.298 e. The summed E-state index contributed by atoms with van der Waals surface area (Å²) in [5.41, 5.74) is 6.49. The molecule has 8 nitrogen and oxygen atoms in total. The Morgan fingerprint density at radius 1 is 0.842 bits per heavy atom. The maximum absolute atomic E-state index is 13.7. The van der Waals surface area contributed by atoms with Crippen LogP contribution in [-0.4, -0.2) is 24.4 Å². The van der Waals surface area contributed by atoms with Crippen LogP contribution in [0.4, 0.5) is 5.95 Å². The molecule has 2 aromatic heterocycles. The molecule has 2 heterocycles. The van der Waals surface area contributed by atoms with Crippen molar-refractivity contribution in [2.24, 2.45) is 12.1 Å². The van der Waals surface area contributed by atoms with E-state index in [2.05, 4.69) is 15.5 Å². The van der Waals surface area contributed by atoms with Crippen molar-refractivity contribution in [2.45, 2.75) is 20.0 Å². The first-order chi connectivity index (χ1) is 18.5. The molecule has 0 aliphatic carbocycles. The topological polar surface area (TPSA) is 86.2 Å². The first-order valence-electron chi connectivity index (χ1n) is 12.3. The Morgan fingerprint density at radius 3 is 2.00 bits per heavy atom. The second-order valence-corrected chi connectivity index (χ2v) is 9.01. The van der Waals surface area contributed by atoms with Crippen molar-refractivity contribution in [3.05, 3.63) is 135 Å². The Hall–Kier alpha value is -4.98. The second-order valence-electron chi connectivity index (χ2n) is 9.01. The third-order valence-corrected chi connectivity index (χ3v) is 6.25. The zero-order valence-electron chi connectivity index (χ0n) is 21.3. The number of imidazole rings is 1. The van der Waals surface area contributed by atoms with E-state index in [-0.39, 0.29) is 6.54 Å². The molecule has 38 heavy (non-hydrogen) atoms. The molecule has 190 valence electrons. The summed E-state index contributed by atoms with van der Waals surface area (Å²) in [5, 5.41) is 4.48. The van der Waals surface area contributed by atoms with Crippen molar-refractivity contribution < 1.29 is 0 Å². The minimum absolute atomic E-state index is 0.170. The van der Waals surface area contributed by atoms with E-state index in [1.165, 1.54) is 9.13 Å². The fraction of sp³-hybridized carbons (Fsp3) is 0.133. The summed E-state index contributed by atoms with van der Waals surface area (Å²) in [6.07, 6.45) is 3.87. The smallest absolute Gasteiger partial charge is 0.298 e. The third kappa shape index (κ3) is 5.24. The van der Waals surface area contributed by atoms with Crippen LogP contribution in [0, 0.1) is 0 Å². The average molecular weight is 505 g/mol. The quantitative estimate of drug-likeness (QED) is 0.249. The molecule has 0 aliphatic rings. The molecule has 0 saturated carbocycles. The fourth-order valence-electron chi connectivity index (χ4n) is 4.24. The van der Waals surface area contributed by atoms with Gasteiger partial charge in [0.15, 0.2) is 11.2 Å². The Labute approximate surface area is 219 Å². The molecule has 0 bridgehead atoms. The van der Waals surface area contributed by atoms with Crippen molar-refractivity contribution >= 4 is 28.9 Å². The fourth-order valence-corrected chi connectivity index (χ4v) is 4.24. The highest BCUT2D eigenvalue weighted by Gasteiger charge is 2.20. The van der Waals surface area contributed by atoms with Gasteiger partial charge in [0, 0.05) is 7.05 Å². The van der Waals surface area contributed by atoms with Gasteiger partial charge in [-0.15, -0.1) is 0 Å². The molecule has 5 aromatic rings. The van der Waals surface area contributed by atoms with Gasteiger partial charge in [-0.05, 0) is 29.7 Å². The van der Waals surface area contributed by atoms with Gasteiger partial charge < -0.3 is 0 Å². The standard InChI is InChI=1S/C30H28N6O2/c1-22(18-19-23-12-6-3-7-13-23)32-33-29-31-27-26(35(29)20-24-14-8-4-9-15-24)28(37)36(30(38)34(27)2)21-25-16-10-5-11-17-25/h3-19H,20-21H2,1-2H3,(H,31,33)/b19-18+,32-22+. The molecule has 1 N–H and O–H groups in total. The number of hydrogen-bond donors (Lipinski definition) is 1. The van der Waals surface area contributed by atoms with Gasteiger partial charge in [0.1, 0.15) is 0 Å². The van der Waals surface area contributed by atoms with Gasteiger partial charge in [0.05, 0.1) is 18.8 Å². The van der Waals surface area contributed by atoms with Crippen LogP contribution in [0.3, 0.4) is 0 Å². The van der Waals surface area contributed by atoms with Crippen LogP contribution in [-0.2, 0) is 20.1 Å². The average Bonchev–Trinajstić information content (AvgIpc) is 3.31. The number of allylic oxidation sites excluding steroid dienone is 1. The largest absolute Gasteiger partial charge is 0.332 e. The SMILES string of the molecule is CC(/C=C/c1ccccc1)=N\Nc1nc2c(c(=O)n(Cc3ccccc3)c(=O)n2C)n1Cc1ccccc1. The summed E-state index contributed by atoms with van der Waals surface area (Å²) in [6, 6.07) is 29.2. The van der Waals surface area contributed by atoms with Gasteiger partial charge in [-0.3, -0.25) is 18.5 Å². The molecular formula is C30H28N6O2. The summed E-state index contributed by atoms with van der Waals surface area (Å²) < 4.78 is 4.45. The summed E-state index contributed by atoms with van der Waals surface area (Å²) >= 11 is 0. The van der Waals surface area contributed by atoms with Gasteiger partial charge in [0.2, 0.25) is 5.95 Å². The molecule has 0 atom stereocenters. The van der Waals surface area contributed by atoms with Crippen molar-refractivity contribution in [2.75, 3.05) is 5.43 Å². The maximum atomic E-state index is 13.7.